The van der Waals surface area contributed by atoms with Crippen LogP contribution >= 0.6 is 0 Å². The third kappa shape index (κ3) is 5.45. The van der Waals surface area contributed by atoms with E-state index < -0.39 is 12.6 Å². The molecular formula is C15H15NaO4. The summed E-state index contributed by atoms with van der Waals surface area (Å²) >= 11 is 0. The van der Waals surface area contributed by atoms with Crippen molar-refractivity contribution in [2.24, 2.45) is 0 Å². The molecule has 4 nitrogen and oxygen atoms in total. The Balaban J connectivity index is 0.00000180. The molecule has 20 heavy (non-hydrogen) atoms. The summed E-state index contributed by atoms with van der Waals surface area (Å²) in [5.74, 6) is -1.22. The fourth-order valence-electron chi connectivity index (χ4n) is 1.79. The van der Waals surface area contributed by atoms with Crippen LogP contribution in [-0.4, -0.2) is 18.1 Å². The Bertz CT molecular complexity index is 462. The molecule has 2 aromatic carbocycles. The summed E-state index contributed by atoms with van der Waals surface area (Å²) in [7, 11) is 0. The summed E-state index contributed by atoms with van der Waals surface area (Å²) in [5.41, 5.74) is 1.84. The van der Waals surface area contributed by atoms with Crippen molar-refractivity contribution < 1.29 is 49.7 Å². The molecule has 0 heterocycles. The van der Waals surface area contributed by atoms with Gasteiger partial charge in [0.15, 0.2) is 0 Å². The van der Waals surface area contributed by atoms with Crippen molar-refractivity contribution in [3.8, 4) is 0 Å². The minimum atomic E-state index is -1.22. The van der Waals surface area contributed by atoms with Crippen molar-refractivity contribution in [2.75, 3.05) is 6.61 Å². The normalized spacial score (nSPS) is 9.45. The van der Waals surface area contributed by atoms with Crippen LogP contribution < -0.4 is 34.7 Å². The Kier molecular flexibility index (Phi) is 9.12. The average Bonchev–Trinajstić information content (AvgIpc) is 2.41. The van der Waals surface area contributed by atoms with E-state index in [9.17, 15) is 9.90 Å². The van der Waals surface area contributed by atoms with E-state index in [2.05, 4.69) is 0 Å². The van der Waals surface area contributed by atoms with Crippen LogP contribution in [0.4, 0.5) is 0 Å². The van der Waals surface area contributed by atoms with Gasteiger partial charge in [-0.25, -0.2) is 0 Å². The Morgan fingerprint density at radius 2 is 1.35 bits per heavy atom. The summed E-state index contributed by atoms with van der Waals surface area (Å²) in [6.45, 7) is -0.422. The van der Waals surface area contributed by atoms with Gasteiger partial charge in [0.1, 0.15) is 6.10 Å². The number of benzene rings is 2. The van der Waals surface area contributed by atoms with Crippen molar-refractivity contribution in [3.05, 3.63) is 71.8 Å². The largest absolute Gasteiger partial charge is 1.00 e. The van der Waals surface area contributed by atoms with E-state index in [1.165, 1.54) is 0 Å². The van der Waals surface area contributed by atoms with Crippen molar-refractivity contribution in [2.45, 2.75) is 6.10 Å². The van der Waals surface area contributed by atoms with Crippen LogP contribution in [0.1, 0.15) is 17.2 Å². The molecule has 0 atom stereocenters. The molecule has 0 radical (unpaired) electrons. The Morgan fingerprint density at radius 3 is 1.70 bits per heavy atom. The zero-order valence-electron chi connectivity index (χ0n) is 11.3. The molecule has 0 amide bonds. The number of hydrogen-bond acceptors (Lipinski definition) is 3. The fraction of sp³-hybridized carbons (Fsp3) is 0.133. The van der Waals surface area contributed by atoms with Gasteiger partial charge in [-0.05, 0) is 11.1 Å². The van der Waals surface area contributed by atoms with Crippen molar-refractivity contribution in [3.63, 3.8) is 0 Å². The maximum Gasteiger partial charge on any atom is 1.00 e. The quantitative estimate of drug-likeness (QED) is 0.580. The summed E-state index contributed by atoms with van der Waals surface area (Å²) in [4.78, 5) is 10.5. The van der Waals surface area contributed by atoms with Gasteiger partial charge >= 0.3 is 29.6 Å². The van der Waals surface area contributed by atoms with Crippen LogP contribution in [0.25, 0.3) is 0 Å². The SMILES string of the molecule is O.O=C([O-])COC(c1ccccc1)c1ccccc1.[Na+]. The zero-order chi connectivity index (χ0) is 12.8. The van der Waals surface area contributed by atoms with Gasteiger partial charge in [0.25, 0.3) is 0 Å². The van der Waals surface area contributed by atoms with Gasteiger partial charge in [-0.15, -0.1) is 0 Å². The molecule has 0 saturated heterocycles. The number of hydrogen-bond donors (Lipinski definition) is 0. The molecule has 0 fully saturated rings. The average molecular weight is 282 g/mol. The molecule has 0 bridgehead atoms. The molecule has 0 aromatic heterocycles. The molecule has 2 N–H and O–H groups in total. The molecule has 0 aliphatic heterocycles. The smallest absolute Gasteiger partial charge is 0.548 e. The third-order valence-corrected chi connectivity index (χ3v) is 2.57. The predicted octanol–water partition coefficient (Wildman–Crippen LogP) is -2.28. The van der Waals surface area contributed by atoms with Gasteiger partial charge in [-0.2, -0.15) is 0 Å². The molecule has 0 spiro atoms. The second-order valence-corrected chi connectivity index (χ2v) is 3.88. The summed E-state index contributed by atoms with van der Waals surface area (Å²) in [6, 6.07) is 19.0. The van der Waals surface area contributed by atoms with Crippen molar-refractivity contribution >= 4 is 5.97 Å². The molecule has 100 valence electrons. The number of carbonyl (C=O) groups excluding carboxylic acids is 1. The van der Waals surface area contributed by atoms with E-state index in [4.69, 9.17) is 4.74 Å². The molecular weight excluding hydrogens is 267 g/mol. The van der Waals surface area contributed by atoms with Crippen LogP contribution in [-0.2, 0) is 9.53 Å². The van der Waals surface area contributed by atoms with Gasteiger partial charge in [-0.3, -0.25) is 0 Å². The van der Waals surface area contributed by atoms with E-state index in [0.29, 0.717) is 0 Å². The monoisotopic (exact) mass is 282 g/mol. The first-order chi connectivity index (χ1) is 8.77. The van der Waals surface area contributed by atoms with Gasteiger partial charge in [0.2, 0.25) is 0 Å². The van der Waals surface area contributed by atoms with Crippen molar-refractivity contribution in [1.82, 2.24) is 0 Å². The molecule has 5 heteroatoms. The first kappa shape index (κ1) is 18.8. The Labute approximate surface area is 140 Å². The van der Waals surface area contributed by atoms with E-state index >= 15 is 0 Å². The van der Waals surface area contributed by atoms with Gasteiger partial charge in [0.05, 0.1) is 12.6 Å². The minimum Gasteiger partial charge on any atom is -0.548 e. The maximum absolute atomic E-state index is 10.5. The van der Waals surface area contributed by atoms with E-state index in [1.54, 1.807) is 0 Å². The van der Waals surface area contributed by atoms with Crippen LogP contribution in [0, 0.1) is 0 Å². The maximum atomic E-state index is 10.5. The molecule has 0 saturated carbocycles. The van der Waals surface area contributed by atoms with E-state index in [0.717, 1.165) is 11.1 Å². The third-order valence-electron chi connectivity index (χ3n) is 2.57. The number of carbonyl (C=O) groups is 1. The second kappa shape index (κ2) is 9.69. The summed E-state index contributed by atoms with van der Waals surface area (Å²) < 4.78 is 5.41. The van der Waals surface area contributed by atoms with Crippen LogP contribution in [0.2, 0.25) is 0 Å². The standard InChI is InChI=1S/C15H14O3.Na.H2O/c16-14(17)11-18-15(12-7-3-1-4-8-12)13-9-5-2-6-10-13;;/h1-10,15H,11H2,(H,16,17);;1H2/q;+1;/p-1. The summed E-state index contributed by atoms with van der Waals surface area (Å²) in [6.07, 6.45) is -0.384. The van der Waals surface area contributed by atoms with Crippen LogP contribution in [0.15, 0.2) is 60.7 Å². The Morgan fingerprint density at radius 1 is 0.950 bits per heavy atom. The second-order valence-electron chi connectivity index (χ2n) is 3.88. The topological polar surface area (TPSA) is 80.9 Å². The molecule has 2 aromatic rings. The Hall–Kier alpha value is -1.17. The van der Waals surface area contributed by atoms with Crippen molar-refractivity contribution in [1.29, 1.82) is 0 Å². The summed E-state index contributed by atoms with van der Waals surface area (Å²) in [5, 5.41) is 10.5. The predicted molar refractivity (Wildman–Crippen MR) is 69.3 cm³/mol. The van der Waals surface area contributed by atoms with E-state index in [-0.39, 0.29) is 41.1 Å². The number of rotatable bonds is 5. The number of aliphatic carboxylic acids is 1. The molecule has 0 aliphatic carbocycles. The van der Waals surface area contributed by atoms with E-state index in [1.807, 2.05) is 60.7 Å². The van der Waals surface area contributed by atoms with Gasteiger partial charge in [-0.1, -0.05) is 60.7 Å². The number of carboxylic acid groups (broad SMARTS) is 1. The molecule has 0 unspecified atom stereocenters. The zero-order valence-corrected chi connectivity index (χ0v) is 13.3. The minimum absolute atomic E-state index is 0. The first-order valence-corrected chi connectivity index (χ1v) is 5.68. The van der Waals surface area contributed by atoms with Gasteiger partial charge < -0.3 is 20.1 Å². The van der Waals surface area contributed by atoms with Crippen LogP contribution in [0.3, 0.4) is 0 Å². The fourth-order valence-corrected chi connectivity index (χ4v) is 1.79. The molecule has 2 rings (SSSR count). The number of ether oxygens (including phenoxy) is 1. The molecule has 0 aliphatic rings. The first-order valence-electron chi connectivity index (χ1n) is 5.68. The van der Waals surface area contributed by atoms with Crippen LogP contribution in [0.5, 0.6) is 0 Å². The number of carboxylic acids is 1. The van der Waals surface area contributed by atoms with Gasteiger partial charge in [0, 0.05) is 0 Å².